The third-order valence-electron chi connectivity index (χ3n) is 0.874. The van der Waals surface area contributed by atoms with Crippen LogP contribution in [0.2, 0.25) is 0 Å². The SMILES string of the molecule is FC1CCCO1.[B]. The highest BCUT2D eigenvalue weighted by atomic mass is 19.1. The van der Waals surface area contributed by atoms with Crippen molar-refractivity contribution in [3.8, 4) is 0 Å². The smallest absolute Gasteiger partial charge is 0.198 e. The minimum atomic E-state index is -0.954. The van der Waals surface area contributed by atoms with Crippen LogP contribution in [0.3, 0.4) is 0 Å². The molecule has 1 rings (SSSR count). The zero-order valence-electron chi connectivity index (χ0n) is 4.06. The van der Waals surface area contributed by atoms with Gasteiger partial charge in [0.1, 0.15) is 0 Å². The molecule has 1 aliphatic rings. The Hall–Kier alpha value is -0.0451. The Kier molecular flexibility index (Phi) is 3.00. The predicted octanol–water partition coefficient (Wildman–Crippen LogP) is 0.712. The van der Waals surface area contributed by atoms with Crippen LogP contribution in [0.1, 0.15) is 12.8 Å². The van der Waals surface area contributed by atoms with Gasteiger partial charge >= 0.3 is 0 Å². The maximum Gasteiger partial charge on any atom is 0.198 e. The second-order valence-electron chi connectivity index (χ2n) is 1.42. The molecule has 0 bridgehead atoms. The lowest BCUT2D eigenvalue weighted by Crippen LogP contribution is -1.91. The van der Waals surface area contributed by atoms with Crippen LogP contribution in [0.4, 0.5) is 4.39 Å². The van der Waals surface area contributed by atoms with Gasteiger partial charge in [0.25, 0.3) is 0 Å². The molecule has 1 unspecified atom stereocenters. The fourth-order valence-corrected chi connectivity index (χ4v) is 0.538. The van der Waals surface area contributed by atoms with E-state index in [2.05, 4.69) is 4.74 Å². The van der Waals surface area contributed by atoms with Gasteiger partial charge in [0, 0.05) is 14.8 Å². The molecule has 0 aliphatic carbocycles. The molecule has 0 N–H and O–H groups in total. The van der Waals surface area contributed by atoms with Gasteiger partial charge in [-0.1, -0.05) is 0 Å². The number of ether oxygens (including phenoxy) is 1. The average molecular weight is 101 g/mol. The largest absolute Gasteiger partial charge is 0.348 e. The number of hydrogen-bond donors (Lipinski definition) is 0. The second-order valence-corrected chi connectivity index (χ2v) is 1.42. The number of rotatable bonds is 0. The maximum absolute atomic E-state index is 11.7. The molecular weight excluding hydrogens is 93.9 g/mol. The summed E-state index contributed by atoms with van der Waals surface area (Å²) in [7, 11) is 0. The minimum Gasteiger partial charge on any atom is -0.348 e. The van der Waals surface area contributed by atoms with Crippen molar-refractivity contribution < 1.29 is 9.13 Å². The molecule has 1 saturated heterocycles. The minimum absolute atomic E-state index is 0. The van der Waals surface area contributed by atoms with Gasteiger partial charge in [-0.2, -0.15) is 0 Å². The summed E-state index contributed by atoms with van der Waals surface area (Å²) in [6.45, 7) is 0.612. The Morgan fingerprint density at radius 1 is 1.57 bits per heavy atom. The van der Waals surface area contributed by atoms with Gasteiger partial charge in [-0.15, -0.1) is 0 Å². The highest BCUT2D eigenvalue weighted by molar-refractivity contribution is 5.75. The third-order valence-corrected chi connectivity index (χ3v) is 0.874. The molecule has 39 valence electrons. The Morgan fingerprint density at radius 3 is 2.43 bits per heavy atom. The van der Waals surface area contributed by atoms with Crippen LogP contribution in [0.5, 0.6) is 0 Å². The Bertz CT molecular complexity index is 45.0. The molecule has 0 aromatic rings. The summed E-state index contributed by atoms with van der Waals surface area (Å²) in [5.74, 6) is 0. The molecule has 1 nitrogen and oxygen atoms in total. The molecule has 3 radical (unpaired) electrons. The maximum atomic E-state index is 11.7. The first-order chi connectivity index (χ1) is 2.89. The van der Waals surface area contributed by atoms with Crippen LogP contribution >= 0.6 is 0 Å². The van der Waals surface area contributed by atoms with E-state index in [1.54, 1.807) is 0 Å². The van der Waals surface area contributed by atoms with Crippen molar-refractivity contribution in [3.63, 3.8) is 0 Å². The van der Waals surface area contributed by atoms with E-state index in [1.165, 1.54) is 0 Å². The van der Waals surface area contributed by atoms with E-state index in [-0.39, 0.29) is 8.41 Å². The van der Waals surface area contributed by atoms with Crippen LogP contribution in [0.25, 0.3) is 0 Å². The molecular formula is C4H7BFO. The lowest BCUT2D eigenvalue weighted by molar-refractivity contribution is 0.00946. The highest BCUT2D eigenvalue weighted by Crippen LogP contribution is 2.11. The van der Waals surface area contributed by atoms with Crippen LogP contribution in [0.15, 0.2) is 0 Å². The average Bonchev–Trinajstić information content (AvgIpc) is 1.86. The van der Waals surface area contributed by atoms with E-state index in [0.717, 1.165) is 6.42 Å². The van der Waals surface area contributed by atoms with Gasteiger partial charge in [0.15, 0.2) is 6.36 Å². The van der Waals surface area contributed by atoms with Crippen LogP contribution < -0.4 is 0 Å². The van der Waals surface area contributed by atoms with E-state index in [9.17, 15) is 4.39 Å². The summed E-state index contributed by atoms with van der Waals surface area (Å²) in [6.07, 6.45) is 0.534. The Morgan fingerprint density at radius 2 is 2.29 bits per heavy atom. The fraction of sp³-hybridized carbons (Fsp3) is 1.00. The van der Waals surface area contributed by atoms with E-state index in [1.807, 2.05) is 0 Å². The van der Waals surface area contributed by atoms with Crippen molar-refractivity contribution in [2.24, 2.45) is 0 Å². The molecule has 0 spiro atoms. The first kappa shape index (κ1) is 6.95. The summed E-state index contributed by atoms with van der Waals surface area (Å²) in [6, 6.07) is 0. The second kappa shape index (κ2) is 3.02. The highest BCUT2D eigenvalue weighted by Gasteiger charge is 2.11. The van der Waals surface area contributed by atoms with Crippen LogP contribution in [-0.4, -0.2) is 21.4 Å². The first-order valence-corrected chi connectivity index (χ1v) is 2.15. The molecule has 0 aromatic carbocycles. The molecule has 1 heterocycles. The lowest BCUT2D eigenvalue weighted by Gasteiger charge is -1.89. The van der Waals surface area contributed by atoms with Gasteiger partial charge in [0.2, 0.25) is 0 Å². The number of halogens is 1. The molecule has 7 heavy (non-hydrogen) atoms. The van der Waals surface area contributed by atoms with Gasteiger partial charge in [-0.3, -0.25) is 0 Å². The van der Waals surface area contributed by atoms with Crippen molar-refractivity contribution in [1.29, 1.82) is 0 Å². The zero-order chi connectivity index (χ0) is 4.41. The number of hydrogen-bond acceptors (Lipinski definition) is 1. The normalized spacial score (nSPS) is 29.6. The molecule has 0 aromatic heterocycles. The Balaban J connectivity index is 0.000000360. The topological polar surface area (TPSA) is 9.23 Å². The predicted molar refractivity (Wildman–Crippen MR) is 25.8 cm³/mol. The zero-order valence-corrected chi connectivity index (χ0v) is 4.06. The Labute approximate surface area is 44.4 Å². The lowest BCUT2D eigenvalue weighted by atomic mass is 10.4. The van der Waals surface area contributed by atoms with Gasteiger partial charge in [-0.25, -0.2) is 4.39 Å². The quantitative estimate of drug-likeness (QED) is 0.408. The van der Waals surface area contributed by atoms with Crippen molar-refractivity contribution in [3.05, 3.63) is 0 Å². The summed E-state index contributed by atoms with van der Waals surface area (Å²) in [5, 5.41) is 0. The third kappa shape index (κ3) is 1.93. The summed E-state index contributed by atoms with van der Waals surface area (Å²) in [4.78, 5) is 0. The van der Waals surface area contributed by atoms with E-state index in [4.69, 9.17) is 0 Å². The van der Waals surface area contributed by atoms with Crippen molar-refractivity contribution in [2.45, 2.75) is 19.2 Å². The molecule has 1 fully saturated rings. The van der Waals surface area contributed by atoms with Crippen LogP contribution in [-0.2, 0) is 4.74 Å². The van der Waals surface area contributed by atoms with E-state index >= 15 is 0 Å². The fourth-order valence-electron chi connectivity index (χ4n) is 0.538. The molecule has 0 amide bonds. The molecule has 0 saturated carbocycles. The van der Waals surface area contributed by atoms with Crippen molar-refractivity contribution in [2.75, 3.05) is 6.61 Å². The monoisotopic (exact) mass is 101 g/mol. The van der Waals surface area contributed by atoms with E-state index in [0.29, 0.717) is 13.0 Å². The summed E-state index contributed by atoms with van der Waals surface area (Å²) < 4.78 is 16.2. The standard InChI is InChI=1S/C4H7FO.B/c5-4-2-1-3-6-4;/h4H,1-3H2;. The number of alkyl halides is 1. The summed E-state index contributed by atoms with van der Waals surface area (Å²) in [5.41, 5.74) is 0. The van der Waals surface area contributed by atoms with Gasteiger partial charge in [0.05, 0.1) is 6.61 Å². The van der Waals surface area contributed by atoms with Crippen molar-refractivity contribution in [1.82, 2.24) is 0 Å². The summed E-state index contributed by atoms with van der Waals surface area (Å²) >= 11 is 0. The molecule has 1 atom stereocenters. The first-order valence-electron chi connectivity index (χ1n) is 2.15. The van der Waals surface area contributed by atoms with Gasteiger partial charge < -0.3 is 4.74 Å². The van der Waals surface area contributed by atoms with Crippen molar-refractivity contribution >= 4 is 8.41 Å². The van der Waals surface area contributed by atoms with E-state index < -0.39 is 6.36 Å². The van der Waals surface area contributed by atoms with Gasteiger partial charge in [-0.05, 0) is 6.42 Å². The molecule has 1 aliphatic heterocycles. The van der Waals surface area contributed by atoms with Crippen LogP contribution in [0, 0.1) is 0 Å². The molecule has 3 heteroatoms.